The van der Waals surface area contributed by atoms with Gasteiger partial charge in [0.25, 0.3) is 0 Å². The minimum Gasteiger partial charge on any atom is -0.493 e. The molecule has 0 aliphatic heterocycles. The predicted molar refractivity (Wildman–Crippen MR) is 80.4 cm³/mol. The molecule has 5 nitrogen and oxygen atoms in total. The molecule has 5 heteroatoms. The number of rotatable bonds is 5. The Morgan fingerprint density at radius 3 is 2.36 bits per heavy atom. The average molecular weight is 300 g/mol. The molecule has 2 rings (SSSR count). The second kappa shape index (κ2) is 7.26. The van der Waals surface area contributed by atoms with Gasteiger partial charge < -0.3 is 14.2 Å². The number of esters is 2. The van der Waals surface area contributed by atoms with E-state index in [1.807, 2.05) is 6.07 Å². The second-order valence-electron chi connectivity index (χ2n) is 4.34. The third-order valence-electron chi connectivity index (χ3n) is 2.87. The van der Waals surface area contributed by atoms with Gasteiger partial charge in [-0.3, -0.25) is 0 Å². The van der Waals surface area contributed by atoms with Crippen LogP contribution in [0.3, 0.4) is 0 Å². The van der Waals surface area contributed by atoms with Crippen molar-refractivity contribution in [1.82, 2.24) is 0 Å². The molecule has 22 heavy (non-hydrogen) atoms. The Morgan fingerprint density at radius 1 is 1.00 bits per heavy atom. The number of hydrogen-bond acceptors (Lipinski definition) is 5. The van der Waals surface area contributed by atoms with Gasteiger partial charge in [0.2, 0.25) is 0 Å². The van der Waals surface area contributed by atoms with Gasteiger partial charge >= 0.3 is 11.9 Å². The maximum absolute atomic E-state index is 12.1. The standard InChI is InChI=1S/C17H16O5/c1-3-21-15-10-9-12(11-14(15)17(19)20-2)16(18)22-13-7-5-4-6-8-13/h4-11H,3H2,1-2H3. The molecule has 2 aromatic rings. The normalized spacial score (nSPS) is 9.91. The lowest BCUT2D eigenvalue weighted by molar-refractivity contribution is 0.0596. The lowest BCUT2D eigenvalue weighted by Crippen LogP contribution is -2.12. The fourth-order valence-electron chi connectivity index (χ4n) is 1.86. The van der Waals surface area contributed by atoms with Gasteiger partial charge in [-0.1, -0.05) is 18.2 Å². The first-order chi connectivity index (χ1) is 10.7. The maximum atomic E-state index is 12.1. The molecule has 0 aromatic heterocycles. The van der Waals surface area contributed by atoms with Crippen LogP contribution < -0.4 is 9.47 Å². The summed E-state index contributed by atoms with van der Waals surface area (Å²) in [7, 11) is 1.27. The SMILES string of the molecule is CCOc1ccc(C(=O)Oc2ccccc2)cc1C(=O)OC. The van der Waals surface area contributed by atoms with Gasteiger partial charge in [-0.05, 0) is 37.3 Å². The van der Waals surface area contributed by atoms with Crippen LogP contribution in [-0.2, 0) is 4.74 Å². The number of carbonyl (C=O) groups excluding carboxylic acids is 2. The molecular formula is C17H16O5. The Bertz CT molecular complexity index is 664. The van der Waals surface area contributed by atoms with Crippen molar-refractivity contribution >= 4 is 11.9 Å². The Kier molecular flexibility index (Phi) is 5.14. The third-order valence-corrected chi connectivity index (χ3v) is 2.87. The highest BCUT2D eigenvalue weighted by Gasteiger charge is 2.17. The quantitative estimate of drug-likeness (QED) is 0.627. The Hall–Kier alpha value is -2.82. The van der Waals surface area contributed by atoms with Crippen LogP contribution >= 0.6 is 0 Å². The number of ether oxygens (including phenoxy) is 3. The Morgan fingerprint density at radius 2 is 1.73 bits per heavy atom. The molecule has 0 aliphatic carbocycles. The topological polar surface area (TPSA) is 61.8 Å². The van der Waals surface area contributed by atoms with E-state index in [4.69, 9.17) is 14.2 Å². The second-order valence-corrected chi connectivity index (χ2v) is 4.34. The van der Waals surface area contributed by atoms with Crippen molar-refractivity contribution in [2.24, 2.45) is 0 Å². The van der Waals surface area contributed by atoms with Gasteiger partial charge in [0.15, 0.2) is 0 Å². The summed E-state index contributed by atoms with van der Waals surface area (Å²) in [5.74, 6) is -0.330. The van der Waals surface area contributed by atoms with Crippen LogP contribution in [0.1, 0.15) is 27.6 Å². The summed E-state index contributed by atoms with van der Waals surface area (Å²) < 4.78 is 15.3. The molecule has 0 amide bonds. The first kappa shape index (κ1) is 15.6. The molecule has 0 saturated carbocycles. The van der Waals surface area contributed by atoms with Crippen molar-refractivity contribution in [3.05, 3.63) is 59.7 Å². The molecule has 0 N–H and O–H groups in total. The van der Waals surface area contributed by atoms with Gasteiger partial charge in [0.05, 0.1) is 19.3 Å². The molecule has 2 aromatic carbocycles. The summed E-state index contributed by atoms with van der Waals surface area (Å²) >= 11 is 0. The summed E-state index contributed by atoms with van der Waals surface area (Å²) in [4.78, 5) is 23.9. The van der Waals surface area contributed by atoms with Crippen LogP contribution in [0.15, 0.2) is 48.5 Å². The van der Waals surface area contributed by atoms with E-state index in [0.717, 1.165) is 0 Å². The smallest absolute Gasteiger partial charge is 0.343 e. The van der Waals surface area contributed by atoms with Gasteiger partial charge in [0.1, 0.15) is 17.1 Å². The van der Waals surface area contributed by atoms with Crippen LogP contribution in [0.5, 0.6) is 11.5 Å². The number of benzene rings is 2. The van der Waals surface area contributed by atoms with Crippen LogP contribution in [0, 0.1) is 0 Å². The summed E-state index contributed by atoms with van der Waals surface area (Å²) in [6, 6.07) is 13.2. The van der Waals surface area contributed by atoms with Gasteiger partial charge in [-0.2, -0.15) is 0 Å². The largest absolute Gasteiger partial charge is 0.493 e. The zero-order valence-corrected chi connectivity index (χ0v) is 12.4. The third kappa shape index (κ3) is 3.63. The summed E-state index contributed by atoms with van der Waals surface area (Å²) in [6.07, 6.45) is 0. The first-order valence-electron chi connectivity index (χ1n) is 6.78. The molecule has 0 fully saturated rings. The predicted octanol–water partition coefficient (Wildman–Crippen LogP) is 3.09. The van der Waals surface area contributed by atoms with Crippen LogP contribution in [0.4, 0.5) is 0 Å². The Balaban J connectivity index is 2.27. The highest BCUT2D eigenvalue weighted by molar-refractivity contribution is 5.98. The monoisotopic (exact) mass is 300 g/mol. The van der Waals surface area contributed by atoms with E-state index in [0.29, 0.717) is 18.1 Å². The molecule has 0 spiro atoms. The zero-order chi connectivity index (χ0) is 15.9. The highest BCUT2D eigenvalue weighted by atomic mass is 16.5. The maximum Gasteiger partial charge on any atom is 0.343 e. The number of hydrogen-bond donors (Lipinski definition) is 0. The lowest BCUT2D eigenvalue weighted by Gasteiger charge is -2.10. The fourth-order valence-corrected chi connectivity index (χ4v) is 1.86. The van der Waals surface area contributed by atoms with Crippen molar-refractivity contribution in [1.29, 1.82) is 0 Å². The van der Waals surface area contributed by atoms with Gasteiger partial charge in [-0.25, -0.2) is 9.59 Å². The highest BCUT2D eigenvalue weighted by Crippen LogP contribution is 2.22. The van der Waals surface area contributed by atoms with E-state index >= 15 is 0 Å². The van der Waals surface area contributed by atoms with Crippen molar-refractivity contribution < 1.29 is 23.8 Å². The van der Waals surface area contributed by atoms with E-state index in [9.17, 15) is 9.59 Å². The van der Waals surface area contributed by atoms with Crippen LogP contribution in [0.25, 0.3) is 0 Å². The molecule has 0 saturated heterocycles. The zero-order valence-electron chi connectivity index (χ0n) is 12.4. The van der Waals surface area contributed by atoms with Crippen molar-refractivity contribution in [3.63, 3.8) is 0 Å². The molecule has 0 bridgehead atoms. The minimum atomic E-state index is -0.571. The van der Waals surface area contributed by atoms with Crippen LogP contribution in [-0.4, -0.2) is 25.7 Å². The fraction of sp³-hybridized carbons (Fsp3) is 0.176. The molecule has 0 unspecified atom stereocenters. The van der Waals surface area contributed by atoms with E-state index in [2.05, 4.69) is 0 Å². The molecule has 0 aliphatic rings. The lowest BCUT2D eigenvalue weighted by atomic mass is 10.1. The molecule has 0 radical (unpaired) electrons. The van der Waals surface area contributed by atoms with Gasteiger partial charge in [0, 0.05) is 0 Å². The molecule has 114 valence electrons. The van der Waals surface area contributed by atoms with Crippen LogP contribution in [0.2, 0.25) is 0 Å². The van der Waals surface area contributed by atoms with Crippen molar-refractivity contribution in [2.75, 3.05) is 13.7 Å². The minimum absolute atomic E-state index is 0.187. The molecule has 0 heterocycles. The van der Waals surface area contributed by atoms with Crippen molar-refractivity contribution in [2.45, 2.75) is 6.92 Å². The number of methoxy groups -OCH3 is 1. The summed E-state index contributed by atoms with van der Waals surface area (Å²) in [5, 5.41) is 0. The number of carbonyl (C=O) groups is 2. The average Bonchev–Trinajstić information content (AvgIpc) is 2.55. The summed E-state index contributed by atoms with van der Waals surface area (Å²) in [5.41, 5.74) is 0.430. The van der Waals surface area contributed by atoms with Crippen molar-refractivity contribution in [3.8, 4) is 11.5 Å². The van der Waals surface area contributed by atoms with E-state index in [1.54, 1.807) is 43.3 Å². The van der Waals surface area contributed by atoms with Gasteiger partial charge in [-0.15, -0.1) is 0 Å². The molecule has 0 atom stereocenters. The van der Waals surface area contributed by atoms with E-state index in [1.165, 1.54) is 13.2 Å². The molecular weight excluding hydrogens is 284 g/mol. The van der Waals surface area contributed by atoms with E-state index < -0.39 is 11.9 Å². The number of para-hydroxylation sites is 1. The first-order valence-corrected chi connectivity index (χ1v) is 6.78. The van der Waals surface area contributed by atoms with E-state index in [-0.39, 0.29) is 11.1 Å². The summed E-state index contributed by atoms with van der Waals surface area (Å²) in [6.45, 7) is 2.20. The Labute approximate surface area is 128 Å².